The summed E-state index contributed by atoms with van der Waals surface area (Å²) in [6.07, 6.45) is 8.57. The standard InChI is InChI=1S/C14H14N2O5/c1-10(18)21-9-12-5-3-7-16(20)14(12)13-11(8-17)4-2-6-15(13)19/h2-7,17H,8-9H2,1H3. The van der Waals surface area contributed by atoms with Crippen molar-refractivity contribution < 1.29 is 19.4 Å². The van der Waals surface area contributed by atoms with Gasteiger partial charge in [0.05, 0.1) is 16.9 Å². The third-order valence-corrected chi connectivity index (χ3v) is 2.91. The fourth-order valence-corrected chi connectivity index (χ4v) is 2.00. The summed E-state index contributed by atoms with van der Waals surface area (Å²) in [5.41, 5.74) is 0.789. The van der Waals surface area contributed by atoms with Gasteiger partial charge in [-0.1, -0.05) is 6.08 Å². The van der Waals surface area contributed by atoms with Crippen LogP contribution in [0.15, 0.2) is 59.2 Å². The van der Waals surface area contributed by atoms with Crippen LogP contribution >= 0.6 is 0 Å². The van der Waals surface area contributed by atoms with Gasteiger partial charge in [-0.2, -0.15) is 0 Å². The molecule has 7 heteroatoms. The van der Waals surface area contributed by atoms with Crippen LogP contribution in [0.1, 0.15) is 6.92 Å². The Kier molecular flexibility index (Phi) is 4.46. The summed E-state index contributed by atoms with van der Waals surface area (Å²) in [7, 11) is 0. The predicted octanol–water partition coefficient (Wildman–Crippen LogP) is 1.24. The molecule has 0 amide bonds. The van der Waals surface area contributed by atoms with Crippen LogP contribution < -0.4 is 0 Å². The quantitative estimate of drug-likeness (QED) is 0.621. The van der Waals surface area contributed by atoms with Crippen molar-refractivity contribution >= 4 is 5.97 Å². The Balaban J connectivity index is 2.48. The highest BCUT2D eigenvalue weighted by Crippen LogP contribution is 2.29. The van der Waals surface area contributed by atoms with E-state index in [1.54, 1.807) is 12.2 Å². The maximum Gasteiger partial charge on any atom is 0.302 e. The van der Waals surface area contributed by atoms with Crippen LogP contribution in [-0.4, -0.2) is 34.1 Å². The molecule has 0 fully saturated rings. The zero-order chi connectivity index (χ0) is 15.4. The molecule has 0 unspecified atom stereocenters. The average molecular weight is 290 g/mol. The maximum atomic E-state index is 12.0. The van der Waals surface area contributed by atoms with Gasteiger partial charge in [0.15, 0.2) is 0 Å². The fourth-order valence-electron chi connectivity index (χ4n) is 2.00. The molecule has 0 aromatic carbocycles. The summed E-state index contributed by atoms with van der Waals surface area (Å²) in [5, 5.41) is 21.8. The molecule has 21 heavy (non-hydrogen) atoms. The molecule has 110 valence electrons. The highest BCUT2D eigenvalue weighted by molar-refractivity contribution is 5.66. The number of esters is 1. The SMILES string of the molecule is CC(=O)OCC1=CC=C[N+](=O)C1=C1C(CO)=CC=CN1[O-]. The maximum absolute atomic E-state index is 12.0. The minimum Gasteiger partial charge on any atom is -0.754 e. The molecule has 0 aliphatic carbocycles. The van der Waals surface area contributed by atoms with Gasteiger partial charge in [-0.05, 0) is 18.4 Å². The van der Waals surface area contributed by atoms with Crippen molar-refractivity contribution in [1.82, 2.24) is 5.06 Å². The molecular weight excluding hydrogens is 276 g/mol. The predicted molar refractivity (Wildman–Crippen MR) is 74.0 cm³/mol. The summed E-state index contributed by atoms with van der Waals surface area (Å²) < 4.78 is 5.41. The normalized spacial score (nSPS) is 21.3. The number of carbonyl (C=O) groups is 1. The van der Waals surface area contributed by atoms with Gasteiger partial charge in [-0.15, -0.1) is 0 Å². The molecule has 2 rings (SSSR count). The third kappa shape index (κ3) is 3.15. The number of allylic oxidation sites excluding steroid dienone is 4. The van der Waals surface area contributed by atoms with E-state index in [1.165, 1.54) is 31.5 Å². The number of aliphatic hydroxyl groups is 1. The molecule has 0 bridgehead atoms. The molecule has 1 N–H and O–H groups in total. The molecule has 0 saturated carbocycles. The molecule has 0 aromatic rings. The second-order valence-electron chi connectivity index (χ2n) is 4.35. The number of aliphatic hydroxyl groups excluding tert-OH is 1. The minimum atomic E-state index is -0.493. The van der Waals surface area contributed by atoms with E-state index in [-0.39, 0.29) is 24.6 Å². The highest BCUT2D eigenvalue weighted by Gasteiger charge is 2.31. The molecule has 2 heterocycles. The van der Waals surface area contributed by atoms with E-state index in [9.17, 15) is 20.0 Å². The monoisotopic (exact) mass is 290 g/mol. The van der Waals surface area contributed by atoms with E-state index in [4.69, 9.17) is 4.74 Å². The summed E-state index contributed by atoms with van der Waals surface area (Å²) in [6.45, 7) is 0.733. The van der Waals surface area contributed by atoms with Gasteiger partial charge in [0, 0.05) is 23.5 Å². The topological polar surface area (TPSA) is 92.9 Å². The molecule has 0 saturated heterocycles. The Morgan fingerprint density at radius 2 is 2.10 bits per heavy atom. The van der Waals surface area contributed by atoms with Crippen LogP contribution in [0.4, 0.5) is 0 Å². The molecule has 0 aromatic heterocycles. The van der Waals surface area contributed by atoms with Crippen LogP contribution in [0.3, 0.4) is 0 Å². The molecule has 2 aliphatic heterocycles. The smallest absolute Gasteiger partial charge is 0.302 e. The van der Waals surface area contributed by atoms with Crippen molar-refractivity contribution in [2.24, 2.45) is 0 Å². The van der Waals surface area contributed by atoms with Gasteiger partial charge in [-0.25, -0.2) is 0 Å². The van der Waals surface area contributed by atoms with Crippen LogP contribution in [-0.2, 0) is 9.53 Å². The van der Waals surface area contributed by atoms with E-state index in [0.717, 1.165) is 0 Å². The first kappa shape index (κ1) is 14.9. The summed E-state index contributed by atoms with van der Waals surface area (Å²) in [5.74, 6) is -0.493. The molecule has 0 radical (unpaired) electrons. The molecule has 0 spiro atoms. The first-order chi connectivity index (χ1) is 10.0. The number of nitroso groups, excluding NO2 is 1. The van der Waals surface area contributed by atoms with Crippen LogP contribution in [0.5, 0.6) is 0 Å². The van der Waals surface area contributed by atoms with E-state index < -0.39 is 5.97 Å². The minimum absolute atomic E-state index is 0.0396. The van der Waals surface area contributed by atoms with Crippen LogP contribution in [0.2, 0.25) is 0 Å². The van der Waals surface area contributed by atoms with Crippen molar-refractivity contribution in [3.63, 3.8) is 0 Å². The lowest BCUT2D eigenvalue weighted by atomic mass is 10.0. The van der Waals surface area contributed by atoms with Gasteiger partial charge in [0.2, 0.25) is 6.20 Å². The Bertz CT molecular complexity index is 625. The third-order valence-electron chi connectivity index (χ3n) is 2.91. The lowest BCUT2D eigenvalue weighted by Gasteiger charge is -2.32. The fraction of sp³-hybridized carbons (Fsp3) is 0.214. The summed E-state index contributed by atoms with van der Waals surface area (Å²) >= 11 is 0. The van der Waals surface area contributed by atoms with Crippen molar-refractivity contribution in [2.75, 3.05) is 13.2 Å². The van der Waals surface area contributed by atoms with E-state index in [1.807, 2.05) is 0 Å². The number of hydrogen-bond acceptors (Lipinski definition) is 6. The number of hydroxylamine groups is 2. The highest BCUT2D eigenvalue weighted by atomic mass is 16.5. The number of ether oxygens (including phenoxy) is 1. The van der Waals surface area contributed by atoms with Crippen molar-refractivity contribution in [3.05, 3.63) is 69.4 Å². The Labute approximate surface area is 121 Å². The average Bonchev–Trinajstić information content (AvgIpc) is 2.45. The molecule has 2 aliphatic rings. The second-order valence-corrected chi connectivity index (χ2v) is 4.35. The number of carbonyl (C=O) groups excluding carboxylic acids is 1. The Morgan fingerprint density at radius 3 is 2.76 bits per heavy atom. The first-order valence-electron chi connectivity index (χ1n) is 6.21. The summed E-state index contributed by atoms with van der Waals surface area (Å²) in [6, 6.07) is 0. The van der Waals surface area contributed by atoms with Gasteiger partial charge in [0.1, 0.15) is 12.3 Å². The van der Waals surface area contributed by atoms with E-state index in [2.05, 4.69) is 0 Å². The second kappa shape index (κ2) is 6.29. The largest absolute Gasteiger partial charge is 0.754 e. The van der Waals surface area contributed by atoms with Crippen molar-refractivity contribution in [3.8, 4) is 0 Å². The first-order valence-corrected chi connectivity index (χ1v) is 6.21. The van der Waals surface area contributed by atoms with E-state index in [0.29, 0.717) is 21.0 Å². The lowest BCUT2D eigenvalue weighted by Crippen LogP contribution is -2.23. The van der Waals surface area contributed by atoms with Gasteiger partial charge in [-0.3, -0.25) is 4.79 Å². The Hall–Kier alpha value is -2.51. The van der Waals surface area contributed by atoms with E-state index >= 15 is 0 Å². The summed E-state index contributed by atoms with van der Waals surface area (Å²) in [4.78, 5) is 23.0. The zero-order valence-corrected chi connectivity index (χ0v) is 11.4. The van der Waals surface area contributed by atoms with Gasteiger partial charge < -0.3 is 20.1 Å². The molecule has 0 atom stereocenters. The van der Waals surface area contributed by atoms with Gasteiger partial charge >= 0.3 is 5.97 Å². The molecule has 7 nitrogen and oxygen atoms in total. The Morgan fingerprint density at radius 1 is 1.38 bits per heavy atom. The number of rotatable bonds is 3. The van der Waals surface area contributed by atoms with Crippen LogP contribution in [0, 0.1) is 10.1 Å². The van der Waals surface area contributed by atoms with Gasteiger partial charge in [0.25, 0.3) is 5.70 Å². The number of hydrogen-bond donors (Lipinski definition) is 1. The van der Waals surface area contributed by atoms with Crippen molar-refractivity contribution in [2.45, 2.75) is 6.92 Å². The molecular formula is C14H14N2O5. The number of nitrogens with zero attached hydrogens (tertiary/aromatic N) is 2. The zero-order valence-electron chi connectivity index (χ0n) is 11.4. The van der Waals surface area contributed by atoms with Crippen LogP contribution in [0.25, 0.3) is 0 Å². The van der Waals surface area contributed by atoms with Crippen molar-refractivity contribution in [1.29, 1.82) is 0 Å². The lowest BCUT2D eigenvalue weighted by molar-refractivity contribution is -0.423.